The number of nitrogen functional groups attached to an aromatic ring is 1. The maximum Gasteiger partial charge on any atom is 0.339 e. The molecule has 0 aliphatic heterocycles. The molecule has 0 aliphatic carbocycles. The Kier molecular flexibility index (Phi) is 5.50. The molecule has 21 heavy (non-hydrogen) atoms. The van der Waals surface area contributed by atoms with Gasteiger partial charge in [0.15, 0.2) is 0 Å². The first kappa shape index (κ1) is 16.1. The molecule has 1 aromatic carbocycles. The van der Waals surface area contributed by atoms with Crippen molar-refractivity contribution in [1.82, 2.24) is 4.98 Å². The number of ether oxygens (including phenoxy) is 1. The van der Waals surface area contributed by atoms with Gasteiger partial charge in [-0.3, -0.25) is 0 Å². The first-order valence-corrected chi connectivity index (χ1v) is 8.06. The van der Waals surface area contributed by atoms with E-state index in [9.17, 15) is 4.79 Å². The predicted molar refractivity (Wildman–Crippen MR) is 87.9 cm³/mol. The molecule has 0 amide bonds. The summed E-state index contributed by atoms with van der Waals surface area (Å²) in [6.45, 7) is 2.02. The normalized spacial score (nSPS) is 10.4. The number of anilines is 1. The van der Waals surface area contributed by atoms with Crippen molar-refractivity contribution in [3.8, 4) is 0 Å². The quantitative estimate of drug-likeness (QED) is 0.622. The van der Waals surface area contributed by atoms with Crippen molar-refractivity contribution in [2.24, 2.45) is 0 Å². The van der Waals surface area contributed by atoms with Crippen LogP contribution in [0.25, 0.3) is 0 Å². The van der Waals surface area contributed by atoms with E-state index >= 15 is 0 Å². The van der Waals surface area contributed by atoms with Crippen LogP contribution in [0.3, 0.4) is 0 Å². The highest BCUT2D eigenvalue weighted by atomic mass is 79.9. The predicted octanol–water partition coefficient (Wildman–Crippen LogP) is 4.41. The number of nitrogens with zero attached hydrogens (tertiary/aromatic N) is 1. The summed E-state index contributed by atoms with van der Waals surface area (Å²) in [5.74, 6) is -0.457. The molecule has 0 unspecified atom stereocenters. The second kappa shape index (κ2) is 7.15. The van der Waals surface area contributed by atoms with Crippen molar-refractivity contribution >= 4 is 50.9 Å². The fourth-order valence-electron chi connectivity index (χ4n) is 1.62. The minimum atomic E-state index is -0.457. The number of hydrogen-bond donors (Lipinski definition) is 1. The molecule has 2 rings (SSSR count). The van der Waals surface area contributed by atoms with E-state index in [2.05, 4.69) is 20.9 Å². The highest BCUT2D eigenvalue weighted by Crippen LogP contribution is 2.39. The lowest BCUT2D eigenvalue weighted by Crippen LogP contribution is -2.07. The summed E-state index contributed by atoms with van der Waals surface area (Å²) in [7, 11) is 0. The van der Waals surface area contributed by atoms with Gasteiger partial charge in [0.1, 0.15) is 5.03 Å². The molecule has 0 aliphatic rings. The molecular formula is C14H12BrClN2O2S. The second-order valence-electron chi connectivity index (χ2n) is 3.99. The molecule has 0 atom stereocenters. The third kappa shape index (κ3) is 3.90. The van der Waals surface area contributed by atoms with Gasteiger partial charge in [-0.2, -0.15) is 0 Å². The summed E-state index contributed by atoms with van der Waals surface area (Å²) < 4.78 is 5.87. The number of carbonyl (C=O) groups is 1. The lowest BCUT2D eigenvalue weighted by molar-refractivity contribution is 0.0522. The van der Waals surface area contributed by atoms with Crippen molar-refractivity contribution in [2.45, 2.75) is 16.8 Å². The number of rotatable bonds is 4. The SMILES string of the molecule is CCOC(=O)c1cc(N)cc(Cl)c1Sc1ncccc1Br. The topological polar surface area (TPSA) is 65.2 Å². The smallest absolute Gasteiger partial charge is 0.339 e. The van der Waals surface area contributed by atoms with Gasteiger partial charge in [-0.05, 0) is 47.1 Å². The number of aromatic nitrogens is 1. The molecule has 0 bridgehead atoms. The number of nitrogens with two attached hydrogens (primary N) is 1. The molecule has 2 aromatic rings. The monoisotopic (exact) mass is 386 g/mol. The van der Waals surface area contributed by atoms with E-state index in [0.717, 1.165) is 4.47 Å². The van der Waals surface area contributed by atoms with Gasteiger partial charge in [-0.25, -0.2) is 9.78 Å². The molecule has 0 radical (unpaired) electrons. The van der Waals surface area contributed by atoms with E-state index < -0.39 is 5.97 Å². The lowest BCUT2D eigenvalue weighted by Gasteiger charge is -2.12. The summed E-state index contributed by atoms with van der Waals surface area (Å²) in [6, 6.07) is 6.84. The van der Waals surface area contributed by atoms with E-state index in [4.69, 9.17) is 22.1 Å². The Bertz CT molecular complexity index is 682. The van der Waals surface area contributed by atoms with Crippen molar-refractivity contribution in [3.63, 3.8) is 0 Å². The summed E-state index contributed by atoms with van der Waals surface area (Å²) in [5, 5.41) is 1.09. The van der Waals surface area contributed by atoms with Gasteiger partial charge < -0.3 is 10.5 Å². The average molecular weight is 388 g/mol. The Balaban J connectivity index is 2.47. The molecule has 1 heterocycles. The summed E-state index contributed by atoms with van der Waals surface area (Å²) in [6.07, 6.45) is 1.67. The van der Waals surface area contributed by atoms with Gasteiger partial charge in [0, 0.05) is 16.8 Å². The molecule has 7 heteroatoms. The first-order chi connectivity index (χ1) is 10.0. The van der Waals surface area contributed by atoms with Gasteiger partial charge in [-0.1, -0.05) is 23.4 Å². The van der Waals surface area contributed by atoms with E-state index in [0.29, 0.717) is 26.2 Å². The fourth-order valence-corrected chi connectivity index (χ4v) is 3.34. The molecule has 110 valence electrons. The van der Waals surface area contributed by atoms with Gasteiger partial charge in [0.25, 0.3) is 0 Å². The van der Waals surface area contributed by atoms with Crippen LogP contribution >= 0.6 is 39.3 Å². The minimum Gasteiger partial charge on any atom is -0.462 e. The van der Waals surface area contributed by atoms with Crippen LogP contribution in [-0.2, 0) is 4.74 Å². The Morgan fingerprint density at radius 3 is 2.95 bits per heavy atom. The zero-order chi connectivity index (χ0) is 15.4. The third-order valence-electron chi connectivity index (χ3n) is 2.48. The maximum atomic E-state index is 12.1. The number of carbonyl (C=O) groups excluding carboxylic acids is 1. The Morgan fingerprint density at radius 1 is 1.52 bits per heavy atom. The lowest BCUT2D eigenvalue weighted by atomic mass is 10.2. The van der Waals surface area contributed by atoms with Crippen LogP contribution in [0.5, 0.6) is 0 Å². The minimum absolute atomic E-state index is 0.280. The largest absolute Gasteiger partial charge is 0.462 e. The van der Waals surface area contributed by atoms with Gasteiger partial charge in [0.2, 0.25) is 0 Å². The average Bonchev–Trinajstić information content (AvgIpc) is 2.43. The fraction of sp³-hybridized carbons (Fsp3) is 0.143. The maximum absolute atomic E-state index is 12.1. The van der Waals surface area contributed by atoms with Crippen LogP contribution in [0.4, 0.5) is 5.69 Å². The summed E-state index contributed by atoms with van der Waals surface area (Å²) in [4.78, 5) is 16.9. The van der Waals surface area contributed by atoms with Crippen LogP contribution < -0.4 is 5.73 Å². The number of halogens is 2. The summed E-state index contributed by atoms with van der Waals surface area (Å²) >= 11 is 10.9. The van der Waals surface area contributed by atoms with Crippen molar-refractivity contribution < 1.29 is 9.53 Å². The van der Waals surface area contributed by atoms with Gasteiger partial charge >= 0.3 is 5.97 Å². The standard InChI is InChI=1S/C14H12BrClN2O2S/c1-2-20-14(19)9-6-8(17)7-11(16)12(9)21-13-10(15)4-3-5-18-13/h3-7H,2,17H2,1H3. The Morgan fingerprint density at radius 2 is 2.29 bits per heavy atom. The Hall–Kier alpha value is -1.24. The van der Waals surface area contributed by atoms with Gasteiger partial charge in [-0.15, -0.1) is 0 Å². The van der Waals surface area contributed by atoms with Crippen LogP contribution in [-0.4, -0.2) is 17.6 Å². The van der Waals surface area contributed by atoms with Crippen LogP contribution in [0.2, 0.25) is 5.02 Å². The number of benzene rings is 1. The Labute approximate surface area is 140 Å². The molecule has 4 nitrogen and oxygen atoms in total. The van der Waals surface area contributed by atoms with Crippen LogP contribution in [0.15, 0.2) is 44.9 Å². The first-order valence-electron chi connectivity index (χ1n) is 6.07. The van der Waals surface area contributed by atoms with E-state index in [-0.39, 0.29) is 6.61 Å². The second-order valence-corrected chi connectivity index (χ2v) is 6.25. The van der Waals surface area contributed by atoms with Crippen molar-refractivity contribution in [1.29, 1.82) is 0 Å². The highest BCUT2D eigenvalue weighted by Gasteiger charge is 2.19. The van der Waals surface area contributed by atoms with Crippen LogP contribution in [0.1, 0.15) is 17.3 Å². The van der Waals surface area contributed by atoms with Crippen molar-refractivity contribution in [2.75, 3.05) is 12.3 Å². The van der Waals surface area contributed by atoms with Gasteiger partial charge in [0.05, 0.1) is 21.7 Å². The third-order valence-corrected chi connectivity index (χ3v) is 4.96. The molecular weight excluding hydrogens is 376 g/mol. The molecule has 0 saturated carbocycles. The number of hydrogen-bond acceptors (Lipinski definition) is 5. The summed E-state index contributed by atoms with van der Waals surface area (Å²) in [5.41, 5.74) is 6.51. The zero-order valence-electron chi connectivity index (χ0n) is 11.1. The van der Waals surface area contributed by atoms with E-state index in [1.807, 2.05) is 12.1 Å². The number of pyridine rings is 1. The molecule has 0 saturated heterocycles. The molecule has 1 aromatic heterocycles. The van der Waals surface area contributed by atoms with E-state index in [1.54, 1.807) is 25.3 Å². The van der Waals surface area contributed by atoms with E-state index in [1.165, 1.54) is 11.8 Å². The number of esters is 1. The van der Waals surface area contributed by atoms with Crippen molar-refractivity contribution in [3.05, 3.63) is 45.5 Å². The molecule has 2 N–H and O–H groups in total. The zero-order valence-corrected chi connectivity index (χ0v) is 14.3. The molecule has 0 fully saturated rings. The molecule has 0 spiro atoms. The highest BCUT2D eigenvalue weighted by molar-refractivity contribution is 9.10. The van der Waals surface area contributed by atoms with Crippen LogP contribution in [0, 0.1) is 0 Å².